The van der Waals surface area contributed by atoms with Crippen LogP contribution in [0.5, 0.6) is 11.5 Å². The molecule has 1 heterocycles. The van der Waals surface area contributed by atoms with Gasteiger partial charge in [0.05, 0.1) is 11.6 Å². The number of aromatic hydroxyl groups is 1. The number of phenols is 1. The van der Waals surface area contributed by atoms with Gasteiger partial charge in [0.1, 0.15) is 17.1 Å². The number of rotatable bonds is 9. The van der Waals surface area contributed by atoms with Crippen LogP contribution in [0.25, 0.3) is 17.0 Å². The number of hydrogen-bond acceptors (Lipinski definition) is 5. The third-order valence-corrected chi connectivity index (χ3v) is 4.13. The van der Waals surface area contributed by atoms with Crippen molar-refractivity contribution in [3.63, 3.8) is 0 Å². The lowest BCUT2D eigenvalue weighted by atomic mass is 10.1. The average molecular weight is 381 g/mol. The van der Waals surface area contributed by atoms with Gasteiger partial charge in [-0.25, -0.2) is 0 Å². The number of hydrogen-bond donors (Lipinski definition) is 2. The van der Waals surface area contributed by atoms with E-state index in [2.05, 4.69) is 5.32 Å². The van der Waals surface area contributed by atoms with Gasteiger partial charge in [0, 0.05) is 19.2 Å². The summed E-state index contributed by atoms with van der Waals surface area (Å²) in [4.78, 5) is 12.1. The molecule has 146 valence electrons. The van der Waals surface area contributed by atoms with E-state index >= 15 is 0 Å². The number of fused-ring (bicyclic) bond motifs is 1. The largest absolute Gasteiger partial charge is 0.508 e. The molecule has 3 rings (SSSR count). The zero-order chi connectivity index (χ0) is 19.8. The molecule has 0 saturated heterocycles. The maximum atomic E-state index is 12.1. The van der Waals surface area contributed by atoms with Crippen LogP contribution < -0.4 is 10.1 Å². The second-order valence-electron chi connectivity index (χ2n) is 6.15. The predicted molar refractivity (Wildman–Crippen MR) is 107 cm³/mol. The number of carbonyl (C=O) groups excluding carboxylic acids is 1. The van der Waals surface area contributed by atoms with Crippen LogP contribution in [0.1, 0.15) is 18.1 Å². The second kappa shape index (κ2) is 9.62. The van der Waals surface area contributed by atoms with Gasteiger partial charge in [0.25, 0.3) is 0 Å². The van der Waals surface area contributed by atoms with Crippen LogP contribution in [0, 0.1) is 0 Å². The molecule has 28 heavy (non-hydrogen) atoms. The summed E-state index contributed by atoms with van der Waals surface area (Å²) >= 11 is 0. The molecule has 0 aliphatic rings. The first-order valence-electron chi connectivity index (χ1n) is 9.11. The quantitative estimate of drug-likeness (QED) is 0.334. The minimum Gasteiger partial charge on any atom is -0.508 e. The molecule has 0 unspecified atom stereocenters. The molecule has 0 radical (unpaired) electrons. The Balaban J connectivity index is 1.58. The number of benzene rings is 2. The number of carbonyl (C=O) groups is 1. The van der Waals surface area contributed by atoms with E-state index in [1.54, 1.807) is 24.5 Å². The van der Waals surface area contributed by atoms with Gasteiger partial charge in [0.2, 0.25) is 5.91 Å². The van der Waals surface area contributed by atoms with Crippen LogP contribution in [0.2, 0.25) is 0 Å². The van der Waals surface area contributed by atoms with Gasteiger partial charge in [-0.15, -0.1) is 0 Å². The Morgan fingerprint density at radius 2 is 2.04 bits per heavy atom. The summed E-state index contributed by atoms with van der Waals surface area (Å²) in [6.07, 6.45) is 5.48. The van der Waals surface area contributed by atoms with Crippen molar-refractivity contribution in [3.05, 3.63) is 65.9 Å². The molecule has 0 aliphatic heterocycles. The van der Waals surface area contributed by atoms with Crippen LogP contribution in [0.3, 0.4) is 0 Å². The van der Waals surface area contributed by atoms with Crippen LogP contribution in [-0.2, 0) is 16.0 Å². The molecule has 6 nitrogen and oxygen atoms in total. The summed E-state index contributed by atoms with van der Waals surface area (Å²) in [6.45, 7) is 3.13. The van der Waals surface area contributed by atoms with Gasteiger partial charge >= 0.3 is 0 Å². The number of nitrogens with one attached hydrogen (secondary N) is 1. The van der Waals surface area contributed by atoms with E-state index < -0.39 is 0 Å². The van der Waals surface area contributed by atoms with Crippen molar-refractivity contribution in [3.8, 4) is 11.5 Å². The van der Waals surface area contributed by atoms with E-state index in [4.69, 9.17) is 13.9 Å². The molecule has 6 heteroatoms. The Labute approximate surface area is 163 Å². The smallest absolute Gasteiger partial charge is 0.244 e. The molecule has 3 aromatic rings. The van der Waals surface area contributed by atoms with E-state index in [1.807, 2.05) is 37.3 Å². The van der Waals surface area contributed by atoms with E-state index in [-0.39, 0.29) is 18.4 Å². The van der Waals surface area contributed by atoms with E-state index in [0.29, 0.717) is 30.9 Å². The summed E-state index contributed by atoms with van der Waals surface area (Å²) < 4.78 is 16.4. The van der Waals surface area contributed by atoms with Gasteiger partial charge in [-0.2, -0.15) is 0 Å². The van der Waals surface area contributed by atoms with Crippen molar-refractivity contribution < 1.29 is 23.8 Å². The summed E-state index contributed by atoms with van der Waals surface area (Å²) in [5.41, 5.74) is 2.52. The number of furan rings is 1. The molecule has 0 saturated carbocycles. The molecule has 1 aromatic heterocycles. The van der Waals surface area contributed by atoms with E-state index in [1.165, 1.54) is 6.08 Å². The first-order chi connectivity index (χ1) is 13.7. The van der Waals surface area contributed by atoms with E-state index in [9.17, 15) is 9.90 Å². The molecule has 0 bridgehead atoms. The normalized spacial score (nSPS) is 11.2. The lowest BCUT2D eigenvalue weighted by Gasteiger charge is -2.08. The van der Waals surface area contributed by atoms with Gasteiger partial charge in [0.15, 0.2) is 6.79 Å². The molecule has 2 aromatic carbocycles. The van der Waals surface area contributed by atoms with Crippen LogP contribution in [-0.4, -0.2) is 31.0 Å². The molecule has 0 atom stereocenters. The highest BCUT2D eigenvalue weighted by molar-refractivity contribution is 5.93. The van der Waals surface area contributed by atoms with Crippen LogP contribution in [0.4, 0.5) is 0 Å². The van der Waals surface area contributed by atoms with Crippen molar-refractivity contribution in [2.24, 2.45) is 0 Å². The number of phenolic OH excluding ortho intramolecular Hbond substituents is 1. The maximum absolute atomic E-state index is 12.1. The summed E-state index contributed by atoms with van der Waals surface area (Å²) in [5.74, 6) is 0.691. The zero-order valence-corrected chi connectivity index (χ0v) is 15.7. The van der Waals surface area contributed by atoms with Gasteiger partial charge in [-0.1, -0.05) is 12.1 Å². The second-order valence-corrected chi connectivity index (χ2v) is 6.15. The average Bonchev–Trinajstić information content (AvgIpc) is 3.17. The van der Waals surface area contributed by atoms with Crippen molar-refractivity contribution >= 4 is 23.0 Å². The highest BCUT2D eigenvalue weighted by atomic mass is 16.7. The predicted octanol–water partition coefficient (Wildman–Crippen LogP) is 3.88. The summed E-state index contributed by atoms with van der Waals surface area (Å²) in [5, 5.41) is 13.0. The molecule has 0 spiro atoms. The van der Waals surface area contributed by atoms with Crippen molar-refractivity contribution in [1.29, 1.82) is 0 Å². The highest BCUT2D eigenvalue weighted by Crippen LogP contribution is 2.29. The lowest BCUT2D eigenvalue weighted by molar-refractivity contribution is -0.116. The van der Waals surface area contributed by atoms with Crippen LogP contribution >= 0.6 is 0 Å². The van der Waals surface area contributed by atoms with Gasteiger partial charge in [-0.3, -0.25) is 4.79 Å². The molecule has 2 N–H and O–H groups in total. The van der Waals surface area contributed by atoms with Crippen molar-refractivity contribution in [2.75, 3.05) is 19.9 Å². The molecular weight excluding hydrogens is 358 g/mol. The first-order valence-corrected chi connectivity index (χ1v) is 9.11. The summed E-state index contributed by atoms with van der Waals surface area (Å²) in [6, 6.07) is 12.5. The first kappa shape index (κ1) is 19.5. The SMILES string of the molecule is CCOCOc1cc(/C=C/C(=O)NCCc2ccc(O)cc2)cc2occc12. The Morgan fingerprint density at radius 1 is 1.21 bits per heavy atom. The van der Waals surface area contributed by atoms with Crippen molar-refractivity contribution in [2.45, 2.75) is 13.3 Å². The minimum atomic E-state index is -0.185. The highest BCUT2D eigenvalue weighted by Gasteiger charge is 2.07. The zero-order valence-electron chi connectivity index (χ0n) is 15.7. The maximum Gasteiger partial charge on any atom is 0.244 e. The fourth-order valence-corrected chi connectivity index (χ4v) is 2.69. The monoisotopic (exact) mass is 381 g/mol. The fourth-order valence-electron chi connectivity index (χ4n) is 2.69. The molecule has 1 amide bonds. The topological polar surface area (TPSA) is 80.9 Å². The van der Waals surface area contributed by atoms with Gasteiger partial charge in [-0.05, 0) is 60.9 Å². The number of ether oxygens (including phenoxy) is 2. The third-order valence-electron chi connectivity index (χ3n) is 4.13. The number of amides is 1. The minimum absolute atomic E-state index is 0.154. The molecule has 0 fully saturated rings. The Morgan fingerprint density at radius 3 is 2.82 bits per heavy atom. The Hall–Kier alpha value is -3.25. The lowest BCUT2D eigenvalue weighted by Crippen LogP contribution is -2.23. The van der Waals surface area contributed by atoms with Crippen LogP contribution in [0.15, 0.2) is 59.2 Å². The molecule has 0 aliphatic carbocycles. The van der Waals surface area contributed by atoms with Crippen molar-refractivity contribution in [1.82, 2.24) is 5.32 Å². The fraction of sp³-hybridized carbons (Fsp3) is 0.227. The Bertz CT molecular complexity index is 943. The standard InChI is InChI=1S/C22H23NO5/c1-2-26-15-28-21-14-17(13-20-19(21)10-12-27-20)5-8-22(25)23-11-9-16-3-6-18(24)7-4-16/h3-8,10,12-14,24H,2,9,11,15H2,1H3,(H,23,25)/b8-5+. The summed E-state index contributed by atoms with van der Waals surface area (Å²) in [7, 11) is 0. The molecular formula is C22H23NO5. The third kappa shape index (κ3) is 5.37. The van der Waals surface area contributed by atoms with Gasteiger partial charge < -0.3 is 24.3 Å². The van der Waals surface area contributed by atoms with E-state index in [0.717, 1.165) is 16.5 Å². The Kier molecular flexibility index (Phi) is 6.70.